The van der Waals surface area contributed by atoms with Crippen molar-refractivity contribution < 1.29 is 27.2 Å². The van der Waals surface area contributed by atoms with Gasteiger partial charge in [-0.2, -0.15) is 0 Å². The van der Waals surface area contributed by atoms with Gasteiger partial charge in [0.15, 0.2) is 5.75 Å². The Hall–Kier alpha value is -2.78. The number of ether oxygens (including phenoxy) is 1. The third-order valence-corrected chi connectivity index (χ3v) is 3.31. The number of carbonyl (C=O) groups excluding carboxylic acids is 1. The fourth-order valence-electron chi connectivity index (χ4n) is 2.22. The largest absolute Gasteiger partial charge is 0.573 e. The molecule has 0 aliphatic rings. The van der Waals surface area contributed by atoms with E-state index in [-0.39, 0.29) is 36.0 Å². The third kappa shape index (κ3) is 6.26. The molecule has 7 nitrogen and oxygen atoms in total. The van der Waals surface area contributed by atoms with Crippen molar-refractivity contribution in [2.45, 2.75) is 33.1 Å². The van der Waals surface area contributed by atoms with Crippen LogP contribution in [0.5, 0.6) is 5.75 Å². The van der Waals surface area contributed by atoms with Crippen molar-refractivity contribution in [3.05, 3.63) is 35.3 Å². The topological polar surface area (TPSA) is 89.3 Å². The highest BCUT2D eigenvalue weighted by atomic mass is 19.4. The maximum absolute atomic E-state index is 12.6. The first-order valence-corrected chi connectivity index (χ1v) is 7.94. The maximum atomic E-state index is 12.6. The van der Waals surface area contributed by atoms with Gasteiger partial charge in [0, 0.05) is 18.2 Å². The molecule has 2 heterocycles. The minimum atomic E-state index is -4.82. The molecule has 0 spiro atoms. The van der Waals surface area contributed by atoms with Crippen LogP contribution >= 0.6 is 0 Å². The number of nitrogens with zero attached hydrogens (tertiary/aromatic N) is 2. The fourth-order valence-corrected chi connectivity index (χ4v) is 2.22. The van der Waals surface area contributed by atoms with Crippen molar-refractivity contribution in [1.82, 2.24) is 15.5 Å². The number of anilines is 1. The predicted molar refractivity (Wildman–Crippen MR) is 86.7 cm³/mol. The first kappa shape index (κ1) is 19.5. The van der Waals surface area contributed by atoms with Gasteiger partial charge in [-0.05, 0) is 32.8 Å². The molecule has 2 aromatic rings. The Bertz CT molecular complexity index is 747. The number of carbonyl (C=O) groups is 1. The number of halogens is 3. The molecule has 0 aliphatic heterocycles. The second-order valence-corrected chi connectivity index (χ2v) is 5.46. The molecule has 0 aromatic carbocycles. The second kappa shape index (κ2) is 8.54. The molecule has 0 saturated carbocycles. The van der Waals surface area contributed by atoms with E-state index in [1.54, 1.807) is 19.9 Å². The number of hydrogen-bond donors (Lipinski definition) is 2. The maximum Gasteiger partial charge on any atom is 0.573 e. The van der Waals surface area contributed by atoms with Gasteiger partial charge in [-0.15, -0.1) is 13.2 Å². The first-order chi connectivity index (χ1) is 12.3. The van der Waals surface area contributed by atoms with Crippen LogP contribution in [0.4, 0.5) is 19.0 Å². The molecule has 0 unspecified atom stereocenters. The molecule has 0 fully saturated rings. The summed E-state index contributed by atoms with van der Waals surface area (Å²) in [5.41, 5.74) is 0.908. The third-order valence-electron chi connectivity index (χ3n) is 3.31. The highest BCUT2D eigenvalue weighted by Gasteiger charge is 2.32. The molecule has 0 aliphatic carbocycles. The van der Waals surface area contributed by atoms with E-state index in [2.05, 4.69) is 25.5 Å². The Morgan fingerprint density at radius 3 is 2.69 bits per heavy atom. The summed E-state index contributed by atoms with van der Waals surface area (Å²) in [6.07, 6.45) is -3.24. The molecule has 142 valence electrons. The summed E-state index contributed by atoms with van der Waals surface area (Å²) >= 11 is 0. The summed E-state index contributed by atoms with van der Waals surface area (Å²) in [5.74, 6) is 0.258. The monoisotopic (exact) mass is 372 g/mol. The quantitative estimate of drug-likeness (QED) is 0.740. The molecule has 0 radical (unpaired) electrons. The van der Waals surface area contributed by atoms with Crippen LogP contribution in [0, 0.1) is 6.92 Å². The number of rotatable bonds is 8. The highest BCUT2D eigenvalue weighted by molar-refractivity contribution is 5.80. The van der Waals surface area contributed by atoms with Gasteiger partial charge in [0.05, 0.1) is 18.4 Å². The standard InChI is InChI=1S/C16H19F3N4O3/c1-3-20-15(24)9-22-14-7-11(4-5-12-6-10(2)26-23-12)13(8-21-14)25-16(17,18)19/h6-8H,3-5,9H2,1-2H3,(H,20,24)(H,21,22). The summed E-state index contributed by atoms with van der Waals surface area (Å²) in [7, 11) is 0. The molecule has 0 atom stereocenters. The SMILES string of the molecule is CCNC(=O)CNc1cc(CCc2cc(C)on2)c(OC(F)(F)F)cn1. The van der Waals surface area contributed by atoms with Crippen LogP contribution in [-0.4, -0.2) is 35.5 Å². The molecular formula is C16H19F3N4O3. The van der Waals surface area contributed by atoms with Crippen molar-refractivity contribution in [2.24, 2.45) is 0 Å². The smallest absolute Gasteiger partial charge is 0.404 e. The molecule has 0 bridgehead atoms. The van der Waals surface area contributed by atoms with Gasteiger partial charge in [-0.1, -0.05) is 5.16 Å². The van der Waals surface area contributed by atoms with Crippen molar-refractivity contribution in [2.75, 3.05) is 18.4 Å². The summed E-state index contributed by atoms with van der Waals surface area (Å²) in [6, 6.07) is 3.13. The van der Waals surface area contributed by atoms with Crippen LogP contribution in [0.25, 0.3) is 0 Å². The summed E-state index contributed by atoms with van der Waals surface area (Å²) < 4.78 is 46.7. The zero-order valence-electron chi connectivity index (χ0n) is 14.3. The number of likely N-dealkylation sites (N-methyl/N-ethyl adjacent to an activating group) is 1. The zero-order chi connectivity index (χ0) is 19.2. The van der Waals surface area contributed by atoms with Gasteiger partial charge in [0.1, 0.15) is 11.6 Å². The van der Waals surface area contributed by atoms with Gasteiger partial charge in [0.2, 0.25) is 5.91 Å². The molecular weight excluding hydrogens is 353 g/mol. The number of hydrogen-bond acceptors (Lipinski definition) is 6. The molecule has 2 aromatic heterocycles. The van der Waals surface area contributed by atoms with Crippen molar-refractivity contribution in [3.8, 4) is 5.75 Å². The average Bonchev–Trinajstić information content (AvgIpc) is 2.97. The van der Waals surface area contributed by atoms with E-state index in [1.807, 2.05) is 0 Å². The lowest BCUT2D eigenvalue weighted by Crippen LogP contribution is -2.29. The molecule has 26 heavy (non-hydrogen) atoms. The van der Waals surface area contributed by atoms with E-state index in [0.29, 0.717) is 24.4 Å². The first-order valence-electron chi connectivity index (χ1n) is 7.94. The minimum absolute atomic E-state index is 0.0394. The lowest BCUT2D eigenvalue weighted by atomic mass is 10.1. The van der Waals surface area contributed by atoms with Crippen LogP contribution in [0.1, 0.15) is 23.9 Å². The number of aryl methyl sites for hydroxylation is 3. The van der Waals surface area contributed by atoms with Crippen LogP contribution in [0.15, 0.2) is 22.9 Å². The van der Waals surface area contributed by atoms with E-state index in [9.17, 15) is 18.0 Å². The van der Waals surface area contributed by atoms with Crippen LogP contribution < -0.4 is 15.4 Å². The van der Waals surface area contributed by atoms with Crippen LogP contribution in [0.3, 0.4) is 0 Å². The molecule has 10 heteroatoms. The van der Waals surface area contributed by atoms with Gasteiger partial charge in [-0.3, -0.25) is 4.79 Å². The molecule has 1 amide bonds. The number of nitrogens with one attached hydrogen (secondary N) is 2. The lowest BCUT2D eigenvalue weighted by molar-refractivity contribution is -0.275. The van der Waals surface area contributed by atoms with Crippen molar-refractivity contribution in [1.29, 1.82) is 0 Å². The molecule has 2 N–H and O–H groups in total. The number of amides is 1. The minimum Gasteiger partial charge on any atom is -0.404 e. The number of pyridine rings is 1. The van der Waals surface area contributed by atoms with Crippen molar-refractivity contribution >= 4 is 11.7 Å². The molecule has 0 saturated heterocycles. The lowest BCUT2D eigenvalue weighted by Gasteiger charge is -2.14. The van der Waals surface area contributed by atoms with E-state index >= 15 is 0 Å². The zero-order valence-corrected chi connectivity index (χ0v) is 14.3. The Balaban J connectivity index is 2.13. The van der Waals surface area contributed by atoms with Gasteiger partial charge >= 0.3 is 6.36 Å². The summed E-state index contributed by atoms with van der Waals surface area (Å²) in [4.78, 5) is 15.3. The van der Waals surface area contributed by atoms with Crippen LogP contribution in [-0.2, 0) is 17.6 Å². The summed E-state index contributed by atoms with van der Waals surface area (Å²) in [5, 5.41) is 9.18. The van der Waals surface area contributed by atoms with E-state index in [1.165, 1.54) is 6.07 Å². The Morgan fingerprint density at radius 1 is 1.31 bits per heavy atom. The van der Waals surface area contributed by atoms with E-state index in [0.717, 1.165) is 6.20 Å². The van der Waals surface area contributed by atoms with Gasteiger partial charge < -0.3 is 19.9 Å². The van der Waals surface area contributed by atoms with Gasteiger partial charge in [0.25, 0.3) is 0 Å². The average molecular weight is 372 g/mol. The number of aromatic nitrogens is 2. The Kier molecular flexibility index (Phi) is 6.42. The predicted octanol–water partition coefficient (Wildman–Crippen LogP) is 2.61. The summed E-state index contributed by atoms with van der Waals surface area (Å²) in [6.45, 7) is 3.95. The van der Waals surface area contributed by atoms with E-state index in [4.69, 9.17) is 4.52 Å². The van der Waals surface area contributed by atoms with Gasteiger partial charge in [-0.25, -0.2) is 4.98 Å². The molecule has 2 rings (SSSR count). The number of alkyl halides is 3. The van der Waals surface area contributed by atoms with Crippen molar-refractivity contribution in [3.63, 3.8) is 0 Å². The van der Waals surface area contributed by atoms with E-state index < -0.39 is 6.36 Å². The highest BCUT2D eigenvalue weighted by Crippen LogP contribution is 2.28. The van der Waals surface area contributed by atoms with Crippen LogP contribution in [0.2, 0.25) is 0 Å². The second-order valence-electron chi connectivity index (χ2n) is 5.46. The normalized spacial score (nSPS) is 11.3. The Labute approximate surface area is 147 Å². The fraction of sp³-hybridized carbons (Fsp3) is 0.438. The Morgan fingerprint density at radius 2 is 2.08 bits per heavy atom.